The maximum absolute atomic E-state index is 11.9. The minimum atomic E-state index is -1.26. The van der Waals surface area contributed by atoms with Crippen molar-refractivity contribution < 1.29 is 14.7 Å². The molecule has 19 heavy (non-hydrogen) atoms. The Bertz CT molecular complexity index is 399. The van der Waals surface area contributed by atoms with Gasteiger partial charge in [-0.1, -0.05) is 19.8 Å². The zero-order chi connectivity index (χ0) is 14.3. The number of rotatable bonds is 6. The van der Waals surface area contributed by atoms with Crippen LogP contribution in [0.15, 0.2) is 0 Å². The van der Waals surface area contributed by atoms with Gasteiger partial charge in [-0.2, -0.15) is 0 Å². The van der Waals surface area contributed by atoms with Gasteiger partial charge in [-0.15, -0.1) is 11.8 Å². The third-order valence-corrected chi connectivity index (χ3v) is 5.57. The average Bonchev–Trinajstić information content (AvgIpc) is 2.49. The van der Waals surface area contributed by atoms with E-state index in [0.29, 0.717) is 13.0 Å². The Morgan fingerprint density at radius 2 is 2.21 bits per heavy atom. The fraction of sp³-hybridized carbons (Fsp3) is 0.846. The molecule has 108 valence electrons. The van der Waals surface area contributed by atoms with Gasteiger partial charge in [-0.05, 0) is 26.8 Å². The molecular weight excluding hydrogens is 264 g/mol. The first-order valence-corrected chi connectivity index (χ1v) is 7.73. The number of amides is 1. The quantitative estimate of drug-likeness (QED) is 0.574. The molecule has 0 bridgehead atoms. The lowest BCUT2D eigenvalue weighted by Crippen LogP contribution is -2.74. The number of hydrogen-bond donors (Lipinski definition) is 2. The molecule has 0 aromatic rings. The number of thioether (sulfide) groups is 1. The Morgan fingerprint density at radius 3 is 2.74 bits per heavy atom. The van der Waals surface area contributed by atoms with Crippen LogP contribution < -0.4 is 5.32 Å². The number of unbranched alkanes of at least 4 members (excludes halogenated alkanes) is 2. The number of nitrogens with zero attached hydrogens (tertiary/aromatic N) is 1. The van der Waals surface area contributed by atoms with Gasteiger partial charge in [0.05, 0.1) is 16.5 Å². The summed E-state index contributed by atoms with van der Waals surface area (Å²) in [6.07, 6.45) is 3.54. The Morgan fingerprint density at radius 1 is 1.53 bits per heavy atom. The number of carboxylic acid groups (broad SMARTS) is 1. The summed E-state index contributed by atoms with van der Waals surface area (Å²) in [4.78, 5) is 25.2. The first-order chi connectivity index (χ1) is 8.87. The number of fused-ring (bicyclic) bond motifs is 1. The minimum Gasteiger partial charge on any atom is -0.478 e. The zero-order valence-electron chi connectivity index (χ0n) is 11.7. The molecule has 0 saturated carbocycles. The van der Waals surface area contributed by atoms with Crippen molar-refractivity contribution in [3.63, 3.8) is 0 Å². The number of aliphatic carboxylic acids is 1. The molecule has 1 amide bonds. The third-order valence-electron chi connectivity index (χ3n) is 4.04. The van der Waals surface area contributed by atoms with Gasteiger partial charge in [0.15, 0.2) is 0 Å². The third kappa shape index (κ3) is 2.05. The molecule has 0 aromatic heterocycles. The number of nitrogens with one attached hydrogen (secondary N) is 1. The van der Waals surface area contributed by atoms with Crippen LogP contribution in [0.25, 0.3) is 0 Å². The molecule has 0 spiro atoms. The summed E-state index contributed by atoms with van der Waals surface area (Å²) in [7, 11) is 0. The lowest BCUT2D eigenvalue weighted by molar-refractivity contribution is -0.171. The van der Waals surface area contributed by atoms with Gasteiger partial charge in [0.1, 0.15) is 0 Å². The maximum Gasteiger partial charge on any atom is 0.346 e. The molecule has 0 radical (unpaired) electrons. The standard InChI is InChI=1S/C13H22N2O3S/c1-4-5-6-7-14-13(11(17)18)12(2,3)19-10-8-9(16)15(10)13/h10,14H,4-8H2,1-3H3,(H,17,18)/t10-,13+/m1/s1. The van der Waals surface area contributed by atoms with Gasteiger partial charge in [-0.3, -0.25) is 10.1 Å². The number of carbonyl (C=O) groups is 2. The van der Waals surface area contributed by atoms with E-state index in [1.165, 1.54) is 4.90 Å². The van der Waals surface area contributed by atoms with Crippen molar-refractivity contribution in [2.45, 2.75) is 62.2 Å². The van der Waals surface area contributed by atoms with Gasteiger partial charge in [-0.25, -0.2) is 4.79 Å². The monoisotopic (exact) mass is 286 g/mol. The van der Waals surface area contributed by atoms with E-state index in [9.17, 15) is 14.7 Å². The van der Waals surface area contributed by atoms with Crippen LogP contribution in [-0.2, 0) is 9.59 Å². The summed E-state index contributed by atoms with van der Waals surface area (Å²) in [5, 5.41) is 12.9. The molecule has 2 saturated heterocycles. The zero-order valence-corrected chi connectivity index (χ0v) is 12.5. The van der Waals surface area contributed by atoms with Gasteiger partial charge >= 0.3 is 5.97 Å². The molecule has 2 fully saturated rings. The minimum absolute atomic E-state index is 0.0114. The van der Waals surface area contributed by atoms with Crippen molar-refractivity contribution in [1.29, 1.82) is 0 Å². The number of hydrogen-bond acceptors (Lipinski definition) is 4. The van der Waals surface area contributed by atoms with E-state index < -0.39 is 16.4 Å². The summed E-state index contributed by atoms with van der Waals surface area (Å²) in [5.41, 5.74) is -1.26. The van der Waals surface area contributed by atoms with E-state index in [2.05, 4.69) is 12.2 Å². The Labute approximate surface area is 118 Å². The van der Waals surface area contributed by atoms with Crippen LogP contribution in [0.2, 0.25) is 0 Å². The van der Waals surface area contributed by atoms with Gasteiger partial charge in [0.25, 0.3) is 0 Å². The molecule has 2 aliphatic rings. The molecule has 6 heteroatoms. The van der Waals surface area contributed by atoms with Crippen LogP contribution >= 0.6 is 11.8 Å². The first kappa shape index (κ1) is 14.7. The molecule has 2 heterocycles. The predicted molar refractivity (Wildman–Crippen MR) is 74.8 cm³/mol. The highest BCUT2D eigenvalue weighted by Gasteiger charge is 2.69. The molecule has 2 rings (SSSR count). The second-order valence-corrected chi connectivity index (χ2v) is 7.50. The molecule has 0 unspecified atom stereocenters. The summed E-state index contributed by atoms with van der Waals surface area (Å²) >= 11 is 1.58. The van der Waals surface area contributed by atoms with Gasteiger partial charge < -0.3 is 10.0 Å². The Balaban J connectivity index is 2.21. The van der Waals surface area contributed by atoms with Crippen LogP contribution in [0.3, 0.4) is 0 Å². The first-order valence-electron chi connectivity index (χ1n) is 6.85. The van der Waals surface area contributed by atoms with E-state index in [1.54, 1.807) is 11.8 Å². The summed E-state index contributed by atoms with van der Waals surface area (Å²) in [5.74, 6) is -1.01. The second-order valence-electron chi connectivity index (χ2n) is 5.70. The molecule has 5 nitrogen and oxygen atoms in total. The number of carboxylic acids is 1. The van der Waals surface area contributed by atoms with Crippen molar-refractivity contribution in [2.75, 3.05) is 6.54 Å². The molecule has 2 atom stereocenters. The average molecular weight is 286 g/mol. The van der Waals surface area contributed by atoms with E-state index in [1.807, 2.05) is 13.8 Å². The van der Waals surface area contributed by atoms with Crippen molar-refractivity contribution in [2.24, 2.45) is 0 Å². The fourth-order valence-electron chi connectivity index (χ4n) is 2.98. The Kier molecular flexibility index (Phi) is 3.84. The van der Waals surface area contributed by atoms with Crippen LogP contribution in [0.1, 0.15) is 46.5 Å². The van der Waals surface area contributed by atoms with E-state index in [4.69, 9.17) is 0 Å². The topological polar surface area (TPSA) is 69.6 Å². The maximum atomic E-state index is 11.9. The molecule has 0 aliphatic carbocycles. The number of β-lactam (4-membered cyclic amide) rings is 1. The van der Waals surface area contributed by atoms with E-state index in [-0.39, 0.29) is 11.3 Å². The van der Waals surface area contributed by atoms with Crippen LogP contribution in [-0.4, -0.2) is 44.2 Å². The molecule has 2 aliphatic heterocycles. The van der Waals surface area contributed by atoms with Gasteiger partial charge in [0.2, 0.25) is 11.6 Å². The van der Waals surface area contributed by atoms with Crippen LogP contribution in [0, 0.1) is 0 Å². The second kappa shape index (κ2) is 4.98. The largest absolute Gasteiger partial charge is 0.478 e. The normalized spacial score (nSPS) is 32.1. The summed E-state index contributed by atoms with van der Waals surface area (Å²) < 4.78 is -0.526. The fourth-order valence-corrected chi connectivity index (χ4v) is 4.69. The highest BCUT2D eigenvalue weighted by molar-refractivity contribution is 8.01. The summed E-state index contributed by atoms with van der Waals surface area (Å²) in [6.45, 7) is 6.55. The van der Waals surface area contributed by atoms with E-state index >= 15 is 0 Å². The van der Waals surface area contributed by atoms with Crippen LogP contribution in [0.4, 0.5) is 0 Å². The van der Waals surface area contributed by atoms with Crippen molar-refractivity contribution in [3.8, 4) is 0 Å². The molecule has 2 N–H and O–H groups in total. The van der Waals surface area contributed by atoms with Crippen LogP contribution in [0.5, 0.6) is 0 Å². The lowest BCUT2D eigenvalue weighted by Gasteiger charge is -2.46. The molecular formula is C13H22N2O3S. The molecule has 0 aromatic carbocycles. The van der Waals surface area contributed by atoms with Crippen molar-refractivity contribution >= 4 is 23.6 Å². The summed E-state index contributed by atoms with van der Waals surface area (Å²) in [6, 6.07) is 0. The lowest BCUT2D eigenvalue weighted by atomic mass is 9.89. The van der Waals surface area contributed by atoms with E-state index in [0.717, 1.165) is 19.3 Å². The van der Waals surface area contributed by atoms with Crippen molar-refractivity contribution in [1.82, 2.24) is 10.2 Å². The SMILES string of the molecule is CCCCCN[C@@]1(C(=O)O)N2C(=O)C[C@H]2SC1(C)C. The highest BCUT2D eigenvalue weighted by Crippen LogP contribution is 2.55. The highest BCUT2D eigenvalue weighted by atomic mass is 32.2. The Hall–Kier alpha value is -0.750. The number of carbonyl (C=O) groups excluding carboxylic acids is 1. The van der Waals surface area contributed by atoms with Crippen molar-refractivity contribution in [3.05, 3.63) is 0 Å². The smallest absolute Gasteiger partial charge is 0.346 e. The predicted octanol–water partition coefficient (Wildman–Crippen LogP) is 1.63. The van der Waals surface area contributed by atoms with Gasteiger partial charge in [0, 0.05) is 0 Å².